The van der Waals surface area contributed by atoms with Crippen molar-refractivity contribution in [2.45, 2.75) is 89.8 Å². The van der Waals surface area contributed by atoms with Crippen LogP contribution in [0.2, 0.25) is 0 Å². The van der Waals surface area contributed by atoms with Crippen molar-refractivity contribution in [3.63, 3.8) is 0 Å². The fourth-order valence-corrected chi connectivity index (χ4v) is 5.59. The first-order chi connectivity index (χ1) is 18.5. The lowest BCUT2D eigenvalue weighted by molar-refractivity contribution is -0.0739. The summed E-state index contributed by atoms with van der Waals surface area (Å²) in [5, 5.41) is 9.56. The van der Waals surface area contributed by atoms with E-state index >= 15 is 0 Å². The molecule has 0 aliphatic heterocycles. The van der Waals surface area contributed by atoms with Gasteiger partial charge in [0.2, 0.25) is 0 Å². The molecule has 4 nitrogen and oxygen atoms in total. The predicted molar refractivity (Wildman–Crippen MR) is 154 cm³/mol. The second kappa shape index (κ2) is 14.2. The predicted octanol–water partition coefficient (Wildman–Crippen LogP) is 8.95. The molecule has 38 heavy (non-hydrogen) atoms. The number of aromatic hydroxyl groups is 1. The molecule has 0 amide bonds. The summed E-state index contributed by atoms with van der Waals surface area (Å²) in [6, 6.07) is 24.6. The summed E-state index contributed by atoms with van der Waals surface area (Å²) in [5.41, 5.74) is 4.02. The van der Waals surface area contributed by atoms with Crippen LogP contribution in [0.15, 0.2) is 72.8 Å². The molecule has 3 aromatic carbocycles. The highest BCUT2D eigenvalue weighted by molar-refractivity contribution is 5.32. The molecule has 1 aliphatic carbocycles. The van der Waals surface area contributed by atoms with Gasteiger partial charge in [0.05, 0.1) is 6.61 Å². The Labute approximate surface area is 229 Å². The van der Waals surface area contributed by atoms with Gasteiger partial charge in [-0.1, -0.05) is 69.5 Å². The third kappa shape index (κ3) is 8.26. The van der Waals surface area contributed by atoms with Gasteiger partial charge >= 0.3 is 0 Å². The summed E-state index contributed by atoms with van der Waals surface area (Å²) in [6.07, 6.45) is 8.50. The van der Waals surface area contributed by atoms with E-state index in [4.69, 9.17) is 14.2 Å². The molecule has 1 saturated carbocycles. The smallest absolute Gasteiger partial charge is 0.197 e. The zero-order chi connectivity index (χ0) is 26.7. The maximum atomic E-state index is 9.56. The van der Waals surface area contributed by atoms with Gasteiger partial charge < -0.3 is 19.3 Å². The first-order valence-corrected chi connectivity index (χ1v) is 14.4. The summed E-state index contributed by atoms with van der Waals surface area (Å²) >= 11 is 0. The number of ether oxygens (including phenoxy) is 3. The molecule has 0 aromatic heterocycles. The molecule has 204 valence electrons. The van der Waals surface area contributed by atoms with Crippen molar-refractivity contribution in [1.29, 1.82) is 0 Å². The Hall–Kier alpha value is -2.98. The van der Waals surface area contributed by atoms with Gasteiger partial charge in [0, 0.05) is 0 Å². The van der Waals surface area contributed by atoms with Crippen molar-refractivity contribution >= 4 is 0 Å². The fraction of sp³-hybridized carbons (Fsp3) is 0.471. The minimum atomic E-state index is -0.352. The third-order valence-corrected chi connectivity index (χ3v) is 7.91. The zero-order valence-corrected chi connectivity index (χ0v) is 23.3. The Morgan fingerprint density at radius 3 is 2.05 bits per heavy atom. The van der Waals surface area contributed by atoms with Crippen LogP contribution in [0.3, 0.4) is 0 Å². The summed E-state index contributed by atoms with van der Waals surface area (Å²) in [7, 11) is 0. The van der Waals surface area contributed by atoms with Crippen LogP contribution in [0.4, 0.5) is 0 Å². The van der Waals surface area contributed by atoms with Crippen LogP contribution >= 0.6 is 0 Å². The number of phenolic OH excluding ortho intramolecular Hbond substituents is 1. The highest BCUT2D eigenvalue weighted by Gasteiger charge is 2.17. The second-order valence-corrected chi connectivity index (χ2v) is 10.7. The molecule has 1 aliphatic rings. The molecule has 4 heteroatoms. The molecule has 3 aromatic rings. The Kier molecular flexibility index (Phi) is 10.5. The highest BCUT2D eigenvalue weighted by atomic mass is 16.7. The lowest BCUT2D eigenvalue weighted by Crippen LogP contribution is -2.20. The van der Waals surface area contributed by atoms with Crippen LogP contribution in [0.1, 0.15) is 100 Å². The molecule has 1 fully saturated rings. The highest BCUT2D eigenvalue weighted by Crippen LogP contribution is 2.34. The largest absolute Gasteiger partial charge is 0.508 e. The quantitative estimate of drug-likeness (QED) is 0.182. The van der Waals surface area contributed by atoms with Gasteiger partial charge in [0.25, 0.3) is 0 Å². The summed E-state index contributed by atoms with van der Waals surface area (Å²) < 4.78 is 17.7. The van der Waals surface area contributed by atoms with Crippen LogP contribution in [-0.2, 0) is 4.74 Å². The molecular weight excluding hydrogens is 472 g/mol. The Bertz CT molecular complexity index is 1070. The fourth-order valence-electron chi connectivity index (χ4n) is 5.59. The molecule has 0 heterocycles. The summed E-state index contributed by atoms with van der Waals surface area (Å²) in [5.74, 6) is 3.62. The normalized spacial score (nSPS) is 16.5. The summed E-state index contributed by atoms with van der Waals surface area (Å²) in [4.78, 5) is 0. The Morgan fingerprint density at radius 1 is 0.763 bits per heavy atom. The van der Waals surface area contributed by atoms with Crippen molar-refractivity contribution in [2.75, 3.05) is 13.2 Å². The van der Waals surface area contributed by atoms with E-state index in [1.807, 2.05) is 31.2 Å². The lowest BCUT2D eigenvalue weighted by Gasteiger charge is -2.22. The number of hydrogen-bond donors (Lipinski definition) is 1. The molecule has 0 bridgehead atoms. The maximum absolute atomic E-state index is 9.56. The van der Waals surface area contributed by atoms with Gasteiger partial charge in [0.15, 0.2) is 6.29 Å². The number of rotatable bonds is 13. The molecular formula is C34H44O4. The van der Waals surface area contributed by atoms with E-state index in [2.05, 4.69) is 50.2 Å². The average Bonchev–Trinajstić information content (AvgIpc) is 2.95. The second-order valence-electron chi connectivity index (χ2n) is 10.7. The van der Waals surface area contributed by atoms with Gasteiger partial charge in [0.1, 0.15) is 23.9 Å². The topological polar surface area (TPSA) is 47.9 Å². The monoisotopic (exact) mass is 516 g/mol. The number of hydrogen-bond acceptors (Lipinski definition) is 4. The van der Waals surface area contributed by atoms with Crippen molar-refractivity contribution < 1.29 is 19.3 Å². The van der Waals surface area contributed by atoms with Gasteiger partial charge in [-0.3, -0.25) is 0 Å². The van der Waals surface area contributed by atoms with E-state index in [1.165, 1.54) is 48.8 Å². The van der Waals surface area contributed by atoms with Gasteiger partial charge in [-0.2, -0.15) is 0 Å². The van der Waals surface area contributed by atoms with Gasteiger partial charge in [-0.15, -0.1) is 0 Å². The minimum absolute atomic E-state index is 0.314. The van der Waals surface area contributed by atoms with E-state index in [9.17, 15) is 5.11 Å². The van der Waals surface area contributed by atoms with E-state index in [0.717, 1.165) is 30.3 Å². The first kappa shape index (κ1) is 28.0. The van der Waals surface area contributed by atoms with Crippen molar-refractivity contribution in [3.8, 4) is 17.2 Å². The average molecular weight is 517 g/mol. The Balaban J connectivity index is 1.18. The third-order valence-electron chi connectivity index (χ3n) is 7.91. The maximum Gasteiger partial charge on any atom is 0.197 e. The summed E-state index contributed by atoms with van der Waals surface area (Å²) in [6.45, 7) is 7.37. The van der Waals surface area contributed by atoms with Crippen LogP contribution in [-0.4, -0.2) is 24.6 Å². The lowest BCUT2D eigenvalue weighted by atomic mass is 9.84. The van der Waals surface area contributed by atoms with E-state index in [-0.39, 0.29) is 6.29 Å². The van der Waals surface area contributed by atoms with Gasteiger partial charge in [-0.25, -0.2) is 0 Å². The SMILES string of the molecule is CCC(CC(C)c1ccc(O)cc1)c1ccc(OC(C)OCCOc2ccc(C3CCCCC3)cc2)cc1. The Morgan fingerprint density at radius 2 is 1.39 bits per heavy atom. The van der Waals surface area contributed by atoms with E-state index < -0.39 is 0 Å². The van der Waals surface area contributed by atoms with Crippen LogP contribution < -0.4 is 9.47 Å². The standard InChI is InChI=1S/C34H44O4/c1-4-27(24-25(2)28-10-16-32(35)17-11-28)30-14-20-34(21-15-30)38-26(3)36-22-23-37-33-18-12-31(13-19-33)29-8-6-5-7-9-29/h10-21,25-27,29,35H,4-9,22-24H2,1-3H3. The molecule has 4 rings (SSSR count). The molecule has 0 saturated heterocycles. The van der Waals surface area contributed by atoms with Crippen molar-refractivity contribution in [3.05, 3.63) is 89.5 Å². The van der Waals surface area contributed by atoms with E-state index in [1.54, 1.807) is 12.1 Å². The van der Waals surface area contributed by atoms with E-state index in [0.29, 0.717) is 30.8 Å². The molecule has 1 N–H and O–H groups in total. The number of benzene rings is 3. The van der Waals surface area contributed by atoms with Crippen LogP contribution in [0.5, 0.6) is 17.2 Å². The van der Waals surface area contributed by atoms with Crippen LogP contribution in [0.25, 0.3) is 0 Å². The zero-order valence-electron chi connectivity index (χ0n) is 23.3. The number of phenols is 1. The first-order valence-electron chi connectivity index (χ1n) is 14.4. The molecule has 0 radical (unpaired) electrons. The van der Waals surface area contributed by atoms with Gasteiger partial charge in [-0.05, 0) is 103 Å². The molecule has 0 spiro atoms. The molecule has 3 unspecified atom stereocenters. The molecule has 3 atom stereocenters. The van der Waals surface area contributed by atoms with Crippen molar-refractivity contribution in [2.24, 2.45) is 0 Å². The van der Waals surface area contributed by atoms with Crippen molar-refractivity contribution in [1.82, 2.24) is 0 Å². The van der Waals surface area contributed by atoms with Crippen LogP contribution in [0, 0.1) is 0 Å². The minimum Gasteiger partial charge on any atom is -0.508 e.